The van der Waals surface area contributed by atoms with E-state index in [0.717, 1.165) is 28.5 Å². The van der Waals surface area contributed by atoms with Gasteiger partial charge in [-0.25, -0.2) is 9.97 Å². The van der Waals surface area contributed by atoms with Gasteiger partial charge in [0.25, 0.3) is 0 Å². The summed E-state index contributed by atoms with van der Waals surface area (Å²) in [5.41, 5.74) is 5.38. The minimum absolute atomic E-state index is 0.360. The average molecular weight is 328 g/mol. The van der Waals surface area contributed by atoms with E-state index in [1.54, 1.807) is 10.6 Å². The Hall–Kier alpha value is -3.34. The zero-order valence-corrected chi connectivity index (χ0v) is 14.0. The maximum absolute atomic E-state index is 11.0. The molecule has 4 rings (SSSR count). The van der Waals surface area contributed by atoms with Crippen LogP contribution in [0.1, 0.15) is 21.9 Å². The number of carbonyl (C=O) groups excluding carboxylic acids is 1. The van der Waals surface area contributed by atoms with E-state index in [1.807, 2.05) is 37.3 Å². The van der Waals surface area contributed by atoms with E-state index in [4.69, 9.17) is 0 Å². The maximum atomic E-state index is 11.0. The van der Waals surface area contributed by atoms with Crippen molar-refractivity contribution in [2.75, 3.05) is 0 Å². The van der Waals surface area contributed by atoms with Crippen molar-refractivity contribution in [2.45, 2.75) is 13.8 Å². The molecular weight excluding hydrogens is 312 g/mol. The van der Waals surface area contributed by atoms with E-state index in [-0.39, 0.29) is 0 Å². The monoisotopic (exact) mass is 328 g/mol. The largest absolute Gasteiger partial charge is 0.296 e. The van der Waals surface area contributed by atoms with Gasteiger partial charge in [-0.1, -0.05) is 48.5 Å². The molecular formula is C20H16N4O. The van der Waals surface area contributed by atoms with Crippen LogP contribution in [-0.2, 0) is 0 Å². The number of carbonyl (C=O) groups is 1. The third-order valence-electron chi connectivity index (χ3n) is 4.29. The van der Waals surface area contributed by atoms with Gasteiger partial charge in [0.2, 0.25) is 0 Å². The van der Waals surface area contributed by atoms with Gasteiger partial charge in [-0.3, -0.25) is 4.79 Å². The Morgan fingerprint density at radius 1 is 0.920 bits per heavy atom. The van der Waals surface area contributed by atoms with Crippen molar-refractivity contribution in [1.82, 2.24) is 19.6 Å². The predicted octanol–water partition coefficient (Wildman–Crippen LogP) is 3.89. The lowest BCUT2D eigenvalue weighted by molar-refractivity contribution is 0.111. The highest BCUT2D eigenvalue weighted by molar-refractivity contribution is 5.77. The molecule has 0 N–H and O–H groups in total. The number of aryl methyl sites for hydroxylation is 1. The molecule has 0 unspecified atom stereocenters. The molecule has 0 aliphatic rings. The molecule has 2 aromatic heterocycles. The highest BCUT2D eigenvalue weighted by atomic mass is 16.1. The van der Waals surface area contributed by atoms with Gasteiger partial charge < -0.3 is 0 Å². The SMILES string of the molecule is Cc1c(-c2ccccc2)cccc1-c1nc2cc(C=O)nc(C)n2n1. The molecule has 0 aliphatic heterocycles. The summed E-state index contributed by atoms with van der Waals surface area (Å²) < 4.78 is 1.66. The molecule has 0 atom stereocenters. The van der Waals surface area contributed by atoms with Crippen molar-refractivity contribution < 1.29 is 4.79 Å². The summed E-state index contributed by atoms with van der Waals surface area (Å²) in [6.45, 7) is 3.89. The normalized spacial score (nSPS) is 11.0. The van der Waals surface area contributed by atoms with Crippen LogP contribution in [0.4, 0.5) is 0 Å². The van der Waals surface area contributed by atoms with Crippen LogP contribution < -0.4 is 0 Å². The van der Waals surface area contributed by atoms with Crippen molar-refractivity contribution in [1.29, 1.82) is 0 Å². The molecule has 0 radical (unpaired) electrons. The van der Waals surface area contributed by atoms with E-state index in [0.29, 0.717) is 23.0 Å². The number of aldehydes is 1. The summed E-state index contributed by atoms with van der Waals surface area (Å²) >= 11 is 0. The van der Waals surface area contributed by atoms with Gasteiger partial charge in [0.05, 0.1) is 0 Å². The Labute approximate surface area is 145 Å². The van der Waals surface area contributed by atoms with Crippen molar-refractivity contribution in [2.24, 2.45) is 0 Å². The molecule has 5 nitrogen and oxygen atoms in total. The van der Waals surface area contributed by atoms with Crippen LogP contribution >= 0.6 is 0 Å². The summed E-state index contributed by atoms with van der Waals surface area (Å²) in [6.07, 6.45) is 0.725. The fraction of sp³-hybridized carbons (Fsp3) is 0.100. The van der Waals surface area contributed by atoms with Gasteiger partial charge in [0.15, 0.2) is 17.8 Å². The Morgan fingerprint density at radius 2 is 1.68 bits per heavy atom. The van der Waals surface area contributed by atoms with Gasteiger partial charge in [-0.15, -0.1) is 5.10 Å². The third kappa shape index (κ3) is 2.59. The Kier molecular flexibility index (Phi) is 3.61. The van der Waals surface area contributed by atoms with Crippen molar-refractivity contribution in [3.8, 4) is 22.5 Å². The van der Waals surface area contributed by atoms with E-state index in [1.165, 1.54) is 0 Å². The molecule has 0 saturated heterocycles. The number of rotatable bonds is 3. The highest BCUT2D eigenvalue weighted by Crippen LogP contribution is 2.30. The fourth-order valence-corrected chi connectivity index (χ4v) is 3.04. The molecule has 0 aliphatic carbocycles. The molecule has 0 spiro atoms. The van der Waals surface area contributed by atoms with Gasteiger partial charge in [-0.2, -0.15) is 4.52 Å². The minimum atomic E-state index is 0.360. The second-order valence-electron chi connectivity index (χ2n) is 5.90. The topological polar surface area (TPSA) is 60.2 Å². The molecule has 2 heterocycles. The second kappa shape index (κ2) is 5.94. The van der Waals surface area contributed by atoms with Crippen molar-refractivity contribution in [3.05, 3.63) is 71.7 Å². The van der Waals surface area contributed by atoms with Crippen LogP contribution in [0.2, 0.25) is 0 Å². The van der Waals surface area contributed by atoms with E-state index in [9.17, 15) is 4.79 Å². The fourth-order valence-electron chi connectivity index (χ4n) is 3.04. The molecule has 0 amide bonds. The summed E-state index contributed by atoms with van der Waals surface area (Å²) in [5, 5.41) is 4.58. The number of nitrogens with zero attached hydrogens (tertiary/aromatic N) is 4. The number of fused-ring (bicyclic) bond motifs is 1. The van der Waals surface area contributed by atoms with Crippen LogP contribution in [0, 0.1) is 13.8 Å². The molecule has 0 saturated carbocycles. The second-order valence-corrected chi connectivity index (χ2v) is 5.90. The first kappa shape index (κ1) is 15.2. The molecule has 0 fully saturated rings. The number of hydrogen-bond donors (Lipinski definition) is 0. The van der Waals surface area contributed by atoms with Crippen LogP contribution in [0.3, 0.4) is 0 Å². The summed E-state index contributed by atoms with van der Waals surface area (Å²) in [6, 6.07) is 18.0. The van der Waals surface area contributed by atoms with Crippen LogP contribution in [-0.4, -0.2) is 25.9 Å². The summed E-state index contributed by atoms with van der Waals surface area (Å²) in [5.74, 6) is 1.26. The zero-order valence-electron chi connectivity index (χ0n) is 14.0. The first-order valence-electron chi connectivity index (χ1n) is 8.02. The molecule has 5 heteroatoms. The van der Waals surface area contributed by atoms with Crippen LogP contribution in [0.5, 0.6) is 0 Å². The number of aromatic nitrogens is 4. The lowest BCUT2D eigenvalue weighted by Gasteiger charge is -2.09. The first-order chi connectivity index (χ1) is 12.2. The van der Waals surface area contributed by atoms with E-state index in [2.05, 4.69) is 40.2 Å². The minimum Gasteiger partial charge on any atom is -0.296 e. The molecule has 4 aromatic rings. The van der Waals surface area contributed by atoms with Gasteiger partial charge in [-0.05, 0) is 30.5 Å². The molecule has 122 valence electrons. The van der Waals surface area contributed by atoms with Crippen LogP contribution in [0.25, 0.3) is 28.2 Å². The molecule has 0 bridgehead atoms. The van der Waals surface area contributed by atoms with E-state index < -0.39 is 0 Å². The number of hydrogen-bond acceptors (Lipinski definition) is 4. The zero-order chi connectivity index (χ0) is 17.4. The lowest BCUT2D eigenvalue weighted by Crippen LogP contribution is -2.00. The third-order valence-corrected chi connectivity index (χ3v) is 4.29. The predicted molar refractivity (Wildman–Crippen MR) is 96.5 cm³/mol. The van der Waals surface area contributed by atoms with E-state index >= 15 is 0 Å². The average Bonchev–Trinajstić information content (AvgIpc) is 3.07. The standard InChI is InChI=1S/C20H16N4O/c1-13-17(15-7-4-3-5-8-15)9-6-10-18(13)20-22-19-11-16(12-25)21-14(2)24(19)23-20/h3-12H,1-2H3. The maximum Gasteiger partial charge on any atom is 0.182 e. The summed E-state index contributed by atoms with van der Waals surface area (Å²) in [7, 11) is 0. The quantitative estimate of drug-likeness (QED) is 0.535. The number of benzene rings is 2. The van der Waals surface area contributed by atoms with Gasteiger partial charge in [0.1, 0.15) is 11.5 Å². The lowest BCUT2D eigenvalue weighted by atomic mass is 9.96. The van der Waals surface area contributed by atoms with Gasteiger partial charge in [0, 0.05) is 11.6 Å². The van der Waals surface area contributed by atoms with Crippen molar-refractivity contribution >= 4 is 11.9 Å². The molecule has 2 aromatic carbocycles. The smallest absolute Gasteiger partial charge is 0.182 e. The molecule has 25 heavy (non-hydrogen) atoms. The summed E-state index contributed by atoms with van der Waals surface area (Å²) in [4.78, 5) is 19.8. The first-order valence-corrected chi connectivity index (χ1v) is 8.02. The highest BCUT2D eigenvalue weighted by Gasteiger charge is 2.14. The Bertz CT molecular complexity index is 1080. The van der Waals surface area contributed by atoms with Gasteiger partial charge >= 0.3 is 0 Å². The van der Waals surface area contributed by atoms with Crippen LogP contribution in [0.15, 0.2) is 54.6 Å². The van der Waals surface area contributed by atoms with Crippen molar-refractivity contribution in [3.63, 3.8) is 0 Å². The Morgan fingerprint density at radius 3 is 2.44 bits per heavy atom. The Balaban J connectivity index is 1.89.